The first kappa shape index (κ1) is 18.5. The van der Waals surface area contributed by atoms with Crippen molar-refractivity contribution < 1.29 is 4.79 Å². The van der Waals surface area contributed by atoms with E-state index < -0.39 is 0 Å². The van der Waals surface area contributed by atoms with Crippen LogP contribution in [0.15, 0.2) is 24.5 Å². The van der Waals surface area contributed by atoms with E-state index in [0.717, 1.165) is 56.1 Å². The number of aromatic nitrogens is 4. The zero-order valence-electron chi connectivity index (χ0n) is 15.9. The Morgan fingerprint density at radius 1 is 1.19 bits per heavy atom. The first-order valence-corrected chi connectivity index (χ1v) is 9.24. The molecule has 0 spiro atoms. The molecule has 1 amide bonds. The highest BCUT2D eigenvalue weighted by Crippen LogP contribution is 2.27. The highest BCUT2D eigenvalue weighted by Gasteiger charge is 2.27. The van der Waals surface area contributed by atoms with E-state index in [1.54, 1.807) is 12.4 Å². The van der Waals surface area contributed by atoms with Gasteiger partial charge in [-0.05, 0) is 51.1 Å². The summed E-state index contributed by atoms with van der Waals surface area (Å²) >= 11 is 0. The molecule has 3 rings (SSSR count). The largest absolute Gasteiger partial charge is 0.343 e. The molecule has 1 fully saturated rings. The van der Waals surface area contributed by atoms with Crippen LogP contribution >= 0.6 is 0 Å². The van der Waals surface area contributed by atoms with Gasteiger partial charge >= 0.3 is 0 Å². The van der Waals surface area contributed by atoms with E-state index in [1.807, 2.05) is 38.2 Å². The summed E-state index contributed by atoms with van der Waals surface area (Å²) in [6, 6.07) is 3.94. The van der Waals surface area contributed by atoms with Crippen LogP contribution in [0.1, 0.15) is 42.4 Å². The molecular weight excluding hydrogens is 328 g/mol. The van der Waals surface area contributed by atoms with Crippen molar-refractivity contribution in [2.45, 2.75) is 38.1 Å². The van der Waals surface area contributed by atoms with E-state index in [1.165, 1.54) is 0 Å². The monoisotopic (exact) mass is 356 g/mol. The van der Waals surface area contributed by atoms with Crippen LogP contribution in [0, 0.1) is 0 Å². The predicted molar refractivity (Wildman–Crippen MR) is 99.5 cm³/mol. The lowest BCUT2D eigenvalue weighted by Gasteiger charge is -2.31. The molecule has 7 nitrogen and oxygen atoms in total. The Bertz CT molecular complexity index is 719. The number of pyridine rings is 1. The Kier molecular flexibility index (Phi) is 5.98. The zero-order chi connectivity index (χ0) is 18.5. The predicted octanol–water partition coefficient (Wildman–Crippen LogP) is 1.61. The average molecular weight is 356 g/mol. The first-order valence-electron chi connectivity index (χ1n) is 9.24. The molecule has 0 atom stereocenters. The molecule has 2 aromatic rings. The summed E-state index contributed by atoms with van der Waals surface area (Å²) in [6.45, 7) is 2.39. The molecule has 1 aliphatic rings. The third-order valence-corrected chi connectivity index (χ3v) is 5.05. The van der Waals surface area contributed by atoms with Gasteiger partial charge in [0.05, 0.1) is 6.54 Å². The second kappa shape index (κ2) is 8.40. The number of amides is 1. The molecular formula is C19H28N6O. The molecule has 140 valence electrons. The molecule has 26 heavy (non-hydrogen) atoms. The van der Waals surface area contributed by atoms with Crippen LogP contribution < -0.4 is 0 Å². The Hall–Kier alpha value is -2.28. The SMILES string of the molecule is CN(C)Cc1nnc(C2CCN(C(=O)CCc3ccncc3)CC2)n1C. The second-order valence-electron chi connectivity index (χ2n) is 7.28. The van der Waals surface area contributed by atoms with Gasteiger partial charge in [0, 0.05) is 44.9 Å². The van der Waals surface area contributed by atoms with Crippen molar-refractivity contribution in [1.82, 2.24) is 29.5 Å². The van der Waals surface area contributed by atoms with Crippen LogP contribution in [0.25, 0.3) is 0 Å². The number of likely N-dealkylation sites (tertiary alicyclic amines) is 1. The fourth-order valence-electron chi connectivity index (χ4n) is 3.50. The number of carbonyl (C=O) groups is 1. The van der Waals surface area contributed by atoms with Crippen LogP contribution in [0.2, 0.25) is 0 Å². The molecule has 0 aromatic carbocycles. The molecule has 1 saturated heterocycles. The number of rotatable bonds is 6. The van der Waals surface area contributed by atoms with Crippen LogP contribution in [-0.2, 0) is 24.8 Å². The van der Waals surface area contributed by atoms with Gasteiger partial charge in [-0.3, -0.25) is 9.78 Å². The maximum absolute atomic E-state index is 12.5. The summed E-state index contributed by atoms with van der Waals surface area (Å²) in [5, 5.41) is 8.75. The fraction of sp³-hybridized carbons (Fsp3) is 0.579. The highest BCUT2D eigenvalue weighted by molar-refractivity contribution is 5.76. The lowest BCUT2D eigenvalue weighted by atomic mass is 9.95. The standard InChI is InChI=1S/C19H28N6O/c1-23(2)14-17-21-22-19(24(17)3)16-8-12-25(13-9-16)18(26)5-4-15-6-10-20-11-7-15/h6-7,10-11,16H,4-5,8-9,12-14H2,1-3H3. The average Bonchev–Trinajstić information content (AvgIpc) is 3.00. The Labute approximate surface area is 155 Å². The van der Waals surface area contributed by atoms with E-state index >= 15 is 0 Å². The molecule has 0 radical (unpaired) electrons. The summed E-state index contributed by atoms with van der Waals surface area (Å²) in [4.78, 5) is 20.6. The van der Waals surface area contributed by atoms with Gasteiger partial charge in [0.1, 0.15) is 11.6 Å². The maximum atomic E-state index is 12.5. The van der Waals surface area contributed by atoms with Crippen molar-refractivity contribution in [2.24, 2.45) is 7.05 Å². The van der Waals surface area contributed by atoms with Gasteiger partial charge in [0.25, 0.3) is 0 Å². The van der Waals surface area contributed by atoms with Gasteiger partial charge in [0.2, 0.25) is 5.91 Å². The van der Waals surface area contributed by atoms with Crippen molar-refractivity contribution in [2.75, 3.05) is 27.2 Å². The highest BCUT2D eigenvalue weighted by atomic mass is 16.2. The van der Waals surface area contributed by atoms with E-state index in [4.69, 9.17) is 0 Å². The summed E-state index contributed by atoms with van der Waals surface area (Å²) in [5.74, 6) is 2.66. The minimum Gasteiger partial charge on any atom is -0.343 e. The maximum Gasteiger partial charge on any atom is 0.222 e. The summed E-state index contributed by atoms with van der Waals surface area (Å²) in [5.41, 5.74) is 1.16. The molecule has 0 aliphatic carbocycles. The minimum absolute atomic E-state index is 0.242. The molecule has 3 heterocycles. The molecule has 0 N–H and O–H groups in total. The van der Waals surface area contributed by atoms with E-state index in [-0.39, 0.29) is 5.91 Å². The lowest BCUT2D eigenvalue weighted by Crippen LogP contribution is -2.38. The zero-order valence-corrected chi connectivity index (χ0v) is 15.9. The summed E-state index contributed by atoms with van der Waals surface area (Å²) in [6.07, 6.45) is 6.79. The normalized spacial score (nSPS) is 15.6. The Balaban J connectivity index is 1.51. The first-order chi connectivity index (χ1) is 12.5. The van der Waals surface area contributed by atoms with Crippen molar-refractivity contribution in [3.63, 3.8) is 0 Å². The van der Waals surface area contributed by atoms with Gasteiger partial charge in [-0.15, -0.1) is 10.2 Å². The van der Waals surface area contributed by atoms with Crippen molar-refractivity contribution in [3.05, 3.63) is 41.7 Å². The van der Waals surface area contributed by atoms with Crippen LogP contribution in [-0.4, -0.2) is 62.6 Å². The van der Waals surface area contributed by atoms with Gasteiger partial charge in [-0.25, -0.2) is 0 Å². The van der Waals surface area contributed by atoms with E-state index in [0.29, 0.717) is 12.3 Å². The number of carbonyl (C=O) groups excluding carboxylic acids is 1. The van der Waals surface area contributed by atoms with Crippen molar-refractivity contribution in [3.8, 4) is 0 Å². The summed E-state index contributed by atoms with van der Waals surface area (Å²) in [7, 11) is 6.11. The molecule has 2 aromatic heterocycles. The van der Waals surface area contributed by atoms with Crippen LogP contribution in [0.4, 0.5) is 0 Å². The third kappa shape index (κ3) is 4.46. The fourth-order valence-corrected chi connectivity index (χ4v) is 3.50. The molecule has 0 unspecified atom stereocenters. The Morgan fingerprint density at radius 3 is 2.54 bits per heavy atom. The molecule has 0 bridgehead atoms. The topological polar surface area (TPSA) is 67.2 Å². The van der Waals surface area contributed by atoms with Gasteiger partial charge in [0.15, 0.2) is 0 Å². The third-order valence-electron chi connectivity index (χ3n) is 5.05. The van der Waals surface area contributed by atoms with E-state index in [2.05, 4.69) is 24.6 Å². The number of hydrogen-bond donors (Lipinski definition) is 0. The van der Waals surface area contributed by atoms with Crippen LogP contribution in [0.3, 0.4) is 0 Å². The quantitative estimate of drug-likeness (QED) is 0.787. The second-order valence-corrected chi connectivity index (χ2v) is 7.28. The number of aryl methyl sites for hydroxylation is 1. The molecule has 0 saturated carbocycles. The molecule has 7 heteroatoms. The van der Waals surface area contributed by atoms with Crippen LogP contribution in [0.5, 0.6) is 0 Å². The number of nitrogens with zero attached hydrogens (tertiary/aromatic N) is 6. The van der Waals surface area contributed by atoms with Crippen molar-refractivity contribution >= 4 is 5.91 Å². The van der Waals surface area contributed by atoms with Crippen molar-refractivity contribution in [1.29, 1.82) is 0 Å². The smallest absolute Gasteiger partial charge is 0.222 e. The van der Waals surface area contributed by atoms with E-state index in [9.17, 15) is 4.79 Å². The van der Waals surface area contributed by atoms with Gasteiger partial charge in [-0.1, -0.05) is 0 Å². The number of piperidine rings is 1. The minimum atomic E-state index is 0.242. The van der Waals surface area contributed by atoms with Gasteiger partial charge < -0.3 is 14.4 Å². The van der Waals surface area contributed by atoms with Gasteiger partial charge in [-0.2, -0.15) is 0 Å². The molecule has 1 aliphatic heterocycles. The lowest BCUT2D eigenvalue weighted by molar-refractivity contribution is -0.132. The number of hydrogen-bond acceptors (Lipinski definition) is 5. The summed E-state index contributed by atoms with van der Waals surface area (Å²) < 4.78 is 2.12. The Morgan fingerprint density at radius 2 is 1.88 bits per heavy atom.